The molecule has 0 fully saturated rings. The second kappa shape index (κ2) is 5.98. The van der Waals surface area contributed by atoms with Crippen LogP contribution in [-0.2, 0) is 26.4 Å². The highest BCUT2D eigenvalue weighted by atomic mass is 19.1. The van der Waals surface area contributed by atoms with Gasteiger partial charge in [-0.05, 0) is 36.1 Å². The van der Waals surface area contributed by atoms with Gasteiger partial charge in [-0.25, -0.2) is 9.37 Å². The van der Waals surface area contributed by atoms with E-state index in [1.165, 1.54) is 6.07 Å². The number of aromatic nitrogens is 4. The summed E-state index contributed by atoms with van der Waals surface area (Å²) in [4.78, 5) is 22.2. The number of hydrogen-bond donors (Lipinski definition) is 1. The molecule has 0 radical (unpaired) electrons. The van der Waals surface area contributed by atoms with Gasteiger partial charge in [0.25, 0.3) is 5.56 Å². The van der Waals surface area contributed by atoms with Gasteiger partial charge < -0.3 is 4.90 Å². The van der Waals surface area contributed by atoms with Crippen molar-refractivity contribution in [2.24, 2.45) is 7.05 Å². The molecule has 0 amide bonds. The van der Waals surface area contributed by atoms with Crippen LogP contribution in [0.5, 0.6) is 0 Å². The number of nitrogens with one attached hydrogen (secondary N) is 1. The van der Waals surface area contributed by atoms with Crippen molar-refractivity contribution in [2.75, 3.05) is 11.4 Å². The Labute approximate surface area is 144 Å². The molecule has 1 aliphatic rings. The molecule has 1 aromatic carbocycles. The highest BCUT2D eigenvalue weighted by Crippen LogP contribution is 2.24. The van der Waals surface area contributed by atoms with Crippen molar-refractivity contribution >= 4 is 17.0 Å². The Morgan fingerprint density at radius 1 is 1.32 bits per heavy atom. The summed E-state index contributed by atoms with van der Waals surface area (Å²) in [6.07, 6.45) is 2.46. The molecule has 1 aliphatic heterocycles. The molecule has 0 atom stereocenters. The molecule has 0 unspecified atom stereocenters. The maximum absolute atomic E-state index is 13.4. The number of H-pyrrole nitrogens is 1. The maximum Gasteiger partial charge on any atom is 0.278 e. The highest BCUT2D eigenvalue weighted by molar-refractivity contribution is 5.77. The van der Waals surface area contributed by atoms with Crippen molar-refractivity contribution in [3.8, 4) is 0 Å². The van der Waals surface area contributed by atoms with Crippen LogP contribution in [0, 0.1) is 5.82 Å². The van der Waals surface area contributed by atoms with Gasteiger partial charge in [0.15, 0.2) is 5.52 Å². The number of nitrogens with zero attached hydrogens (tertiary/aromatic N) is 4. The fraction of sp³-hybridized carbons (Fsp3) is 0.389. The summed E-state index contributed by atoms with van der Waals surface area (Å²) >= 11 is 0. The van der Waals surface area contributed by atoms with Crippen LogP contribution in [0.4, 0.5) is 10.3 Å². The van der Waals surface area contributed by atoms with Crippen molar-refractivity contribution in [1.82, 2.24) is 19.7 Å². The Hall–Kier alpha value is -2.70. The summed E-state index contributed by atoms with van der Waals surface area (Å²) in [7, 11) is 1.77. The van der Waals surface area contributed by atoms with Crippen LogP contribution >= 0.6 is 0 Å². The van der Waals surface area contributed by atoms with Crippen LogP contribution < -0.4 is 10.5 Å². The fourth-order valence-corrected chi connectivity index (χ4v) is 3.49. The molecule has 7 heteroatoms. The summed E-state index contributed by atoms with van der Waals surface area (Å²) < 4.78 is 15.0. The van der Waals surface area contributed by atoms with E-state index in [9.17, 15) is 9.18 Å². The zero-order valence-electron chi connectivity index (χ0n) is 14.3. The summed E-state index contributed by atoms with van der Waals surface area (Å²) in [5, 5.41) is 4.45. The predicted molar refractivity (Wildman–Crippen MR) is 94.3 cm³/mol. The molecule has 0 aliphatic carbocycles. The van der Waals surface area contributed by atoms with Crippen LogP contribution in [-0.4, -0.2) is 26.3 Å². The predicted octanol–water partition coefficient (Wildman–Crippen LogP) is 2.31. The first-order chi connectivity index (χ1) is 12.1. The SMILES string of the molecule is CCCc1nn(C)c2c(=O)[nH]c(N3CCc4cc(F)ccc4C3)nc12. The molecule has 3 aromatic rings. The molecule has 2 aromatic heterocycles. The third kappa shape index (κ3) is 2.69. The number of anilines is 1. The van der Waals surface area contributed by atoms with Crippen LogP contribution in [0.1, 0.15) is 30.2 Å². The smallest absolute Gasteiger partial charge is 0.278 e. The largest absolute Gasteiger partial charge is 0.338 e. The Kier molecular flexibility index (Phi) is 3.78. The Bertz CT molecular complexity index is 1010. The minimum absolute atomic E-state index is 0.178. The van der Waals surface area contributed by atoms with Gasteiger partial charge in [-0.3, -0.25) is 14.5 Å². The summed E-state index contributed by atoms with van der Waals surface area (Å²) in [6, 6.07) is 4.87. The van der Waals surface area contributed by atoms with E-state index in [0.29, 0.717) is 30.1 Å². The van der Waals surface area contributed by atoms with Crippen molar-refractivity contribution in [3.63, 3.8) is 0 Å². The molecule has 0 bridgehead atoms. The van der Waals surface area contributed by atoms with Gasteiger partial charge in [-0.1, -0.05) is 19.4 Å². The average Bonchev–Trinajstić information content (AvgIpc) is 2.91. The lowest BCUT2D eigenvalue weighted by molar-refractivity contribution is 0.618. The first-order valence-electron chi connectivity index (χ1n) is 8.55. The van der Waals surface area contributed by atoms with Crippen LogP contribution in [0.25, 0.3) is 11.0 Å². The van der Waals surface area contributed by atoms with Crippen molar-refractivity contribution < 1.29 is 4.39 Å². The fourth-order valence-electron chi connectivity index (χ4n) is 3.49. The lowest BCUT2D eigenvalue weighted by atomic mass is 10.00. The number of aromatic amines is 1. The second-order valence-corrected chi connectivity index (χ2v) is 6.49. The molecule has 0 saturated heterocycles. The summed E-state index contributed by atoms with van der Waals surface area (Å²) in [6.45, 7) is 3.37. The van der Waals surface area contributed by atoms with Gasteiger partial charge in [-0.2, -0.15) is 5.10 Å². The minimum atomic E-state index is -0.209. The molecule has 0 spiro atoms. The van der Waals surface area contributed by atoms with Gasteiger partial charge >= 0.3 is 0 Å². The maximum atomic E-state index is 13.4. The van der Waals surface area contributed by atoms with Gasteiger partial charge in [0.2, 0.25) is 5.95 Å². The highest BCUT2D eigenvalue weighted by Gasteiger charge is 2.21. The number of benzene rings is 1. The molecule has 25 heavy (non-hydrogen) atoms. The van der Waals surface area contributed by atoms with Gasteiger partial charge in [-0.15, -0.1) is 0 Å². The number of aryl methyl sites for hydroxylation is 2. The van der Waals surface area contributed by atoms with Gasteiger partial charge in [0.05, 0.1) is 5.69 Å². The van der Waals surface area contributed by atoms with Crippen LogP contribution in [0.15, 0.2) is 23.0 Å². The quantitative estimate of drug-likeness (QED) is 0.794. The first kappa shape index (κ1) is 15.8. The molecular formula is C18H20FN5O. The van der Waals surface area contributed by atoms with Gasteiger partial charge in [0.1, 0.15) is 11.3 Å². The standard InChI is InChI=1S/C18H20FN5O/c1-3-4-14-15-16(23(2)22-14)17(25)21-18(20-15)24-8-7-11-9-13(19)6-5-12(11)10-24/h5-6,9H,3-4,7-8,10H2,1-2H3,(H,20,21,25). The molecule has 130 valence electrons. The Balaban J connectivity index is 1.76. The molecule has 0 saturated carbocycles. The second-order valence-electron chi connectivity index (χ2n) is 6.49. The average molecular weight is 341 g/mol. The van der Waals surface area contributed by atoms with Crippen molar-refractivity contribution in [1.29, 1.82) is 0 Å². The zero-order valence-corrected chi connectivity index (χ0v) is 14.3. The number of halogens is 1. The minimum Gasteiger partial charge on any atom is -0.338 e. The third-order valence-electron chi connectivity index (χ3n) is 4.72. The molecule has 1 N–H and O–H groups in total. The Morgan fingerprint density at radius 2 is 2.16 bits per heavy atom. The van der Waals surface area contributed by atoms with E-state index < -0.39 is 0 Å². The lowest BCUT2D eigenvalue weighted by Crippen LogP contribution is -2.33. The van der Waals surface area contributed by atoms with E-state index in [0.717, 1.165) is 36.1 Å². The number of rotatable bonds is 3. The van der Waals surface area contributed by atoms with Crippen molar-refractivity contribution in [3.05, 3.63) is 51.2 Å². The molecular weight excluding hydrogens is 321 g/mol. The van der Waals surface area contributed by atoms with Gasteiger partial charge in [0, 0.05) is 20.1 Å². The van der Waals surface area contributed by atoms with Crippen LogP contribution in [0.2, 0.25) is 0 Å². The molecule has 3 heterocycles. The van der Waals surface area contributed by atoms with E-state index in [2.05, 4.69) is 17.0 Å². The summed E-state index contributed by atoms with van der Waals surface area (Å²) in [5.41, 5.74) is 3.94. The lowest BCUT2D eigenvalue weighted by Gasteiger charge is -2.29. The Morgan fingerprint density at radius 3 is 2.96 bits per heavy atom. The van der Waals surface area contributed by atoms with E-state index in [1.807, 2.05) is 4.90 Å². The molecule has 4 rings (SSSR count). The monoisotopic (exact) mass is 341 g/mol. The summed E-state index contributed by atoms with van der Waals surface area (Å²) in [5.74, 6) is 0.345. The number of fused-ring (bicyclic) bond motifs is 2. The molecule has 6 nitrogen and oxygen atoms in total. The topological polar surface area (TPSA) is 66.8 Å². The van der Waals surface area contributed by atoms with Crippen molar-refractivity contribution in [2.45, 2.75) is 32.7 Å². The van der Waals surface area contributed by atoms with E-state index in [4.69, 9.17) is 4.98 Å². The van der Waals surface area contributed by atoms with E-state index in [-0.39, 0.29) is 11.4 Å². The van der Waals surface area contributed by atoms with E-state index >= 15 is 0 Å². The first-order valence-corrected chi connectivity index (χ1v) is 8.55. The third-order valence-corrected chi connectivity index (χ3v) is 4.72. The van der Waals surface area contributed by atoms with Crippen LogP contribution in [0.3, 0.4) is 0 Å². The normalized spacial score (nSPS) is 14.1. The van der Waals surface area contributed by atoms with E-state index in [1.54, 1.807) is 23.9 Å². The zero-order chi connectivity index (χ0) is 17.6. The number of hydrogen-bond acceptors (Lipinski definition) is 4.